The predicted molar refractivity (Wildman–Crippen MR) is 41.7 cm³/mol. The van der Waals surface area contributed by atoms with Gasteiger partial charge in [0.05, 0.1) is 0 Å². The molecule has 0 atom stereocenters. The molecule has 2 aromatic heterocycles. The van der Waals surface area contributed by atoms with Gasteiger partial charge >= 0.3 is 0 Å². The van der Waals surface area contributed by atoms with Gasteiger partial charge in [0.25, 0.3) is 0 Å². The Morgan fingerprint density at radius 2 is 2.00 bits per heavy atom. The Morgan fingerprint density at radius 3 is 2.78 bits per heavy atom. The third-order valence-electron chi connectivity index (χ3n) is 1.83. The number of hydrogen-bond donors (Lipinski definition) is 0. The Morgan fingerprint density at radius 1 is 1.00 bits per heavy atom. The summed E-state index contributed by atoms with van der Waals surface area (Å²) in [7, 11) is 0. The Bertz CT molecular complexity index is 408. The monoisotopic (exact) mass is 132 g/mol. The molecule has 0 unspecified atom stereocenters. The lowest BCUT2D eigenvalue weighted by Crippen LogP contribution is -1.67. The van der Waals surface area contributed by atoms with Crippen molar-refractivity contribution in [2.75, 3.05) is 0 Å². The van der Waals surface area contributed by atoms with E-state index in [9.17, 15) is 0 Å². The minimum absolute atomic E-state index is 1.45. The van der Waals surface area contributed by atoms with E-state index >= 15 is 0 Å². The zero-order chi connectivity index (χ0) is 5.84. The molecule has 0 radical (unpaired) electrons. The van der Waals surface area contributed by atoms with Crippen LogP contribution in [-0.2, 0) is 0 Å². The summed E-state index contributed by atoms with van der Waals surface area (Å²) in [5.41, 5.74) is 0. The van der Waals surface area contributed by atoms with Crippen LogP contribution in [0.25, 0.3) is 20.2 Å². The normalized spacial score (nSPS) is 12.4. The highest BCUT2D eigenvalue weighted by molar-refractivity contribution is 7.27. The maximum absolute atomic E-state index is 2.26. The molecule has 4 aromatic rings. The molecule has 0 spiro atoms. The minimum Gasteiger partial charge on any atom is -0.135 e. The zero-order valence-corrected chi connectivity index (χ0v) is 5.53. The molecule has 42 valence electrons. The second-order valence-corrected chi connectivity index (χ2v) is 3.41. The van der Waals surface area contributed by atoms with Crippen LogP contribution in [0, 0.1) is 0 Å². The summed E-state index contributed by atoms with van der Waals surface area (Å²) < 4.78 is 2.91. The van der Waals surface area contributed by atoms with Crippen LogP contribution in [0.1, 0.15) is 0 Å². The van der Waals surface area contributed by atoms with Crippen molar-refractivity contribution >= 4 is 31.5 Å². The molecule has 0 saturated carbocycles. The van der Waals surface area contributed by atoms with Gasteiger partial charge in [-0.3, -0.25) is 0 Å². The lowest BCUT2D eigenvalue weighted by atomic mass is 10.1. The van der Waals surface area contributed by atoms with Crippen LogP contribution in [0.4, 0.5) is 0 Å². The smallest absolute Gasteiger partial charge is 0.0362 e. The molecule has 0 fully saturated rings. The Hall–Kier alpha value is -0.820. The van der Waals surface area contributed by atoms with E-state index in [1.54, 1.807) is 0 Å². The maximum Gasteiger partial charge on any atom is 0.0362 e. The van der Waals surface area contributed by atoms with Crippen molar-refractivity contribution in [1.29, 1.82) is 0 Å². The largest absolute Gasteiger partial charge is 0.135 e. The second-order valence-electron chi connectivity index (χ2n) is 2.33. The van der Waals surface area contributed by atoms with Gasteiger partial charge in [-0.15, -0.1) is 11.3 Å². The number of benzene rings is 1. The first-order valence-corrected chi connectivity index (χ1v) is 3.80. The summed E-state index contributed by atoms with van der Waals surface area (Å²) in [6, 6.07) is 8.75. The lowest BCUT2D eigenvalue weighted by Gasteiger charge is -1.93. The van der Waals surface area contributed by atoms with E-state index in [1.807, 2.05) is 11.3 Å². The fraction of sp³-hybridized carbons (Fsp3) is 0. The van der Waals surface area contributed by atoms with Gasteiger partial charge in [-0.25, -0.2) is 0 Å². The van der Waals surface area contributed by atoms with Gasteiger partial charge in [0.15, 0.2) is 0 Å². The lowest BCUT2D eigenvalue weighted by molar-refractivity contribution is 1.92. The van der Waals surface area contributed by atoms with Gasteiger partial charge in [-0.1, -0.05) is 12.1 Å². The van der Waals surface area contributed by atoms with E-state index in [0.29, 0.717) is 0 Å². The van der Waals surface area contributed by atoms with Crippen LogP contribution < -0.4 is 0 Å². The molecule has 0 nitrogen and oxygen atoms in total. The molecule has 0 N–H and O–H groups in total. The molecule has 0 saturated heterocycles. The predicted octanol–water partition coefficient (Wildman–Crippen LogP) is 2.93. The van der Waals surface area contributed by atoms with E-state index in [-0.39, 0.29) is 0 Å². The van der Waals surface area contributed by atoms with E-state index in [0.717, 1.165) is 0 Å². The first-order valence-electron chi connectivity index (χ1n) is 2.98. The highest BCUT2D eigenvalue weighted by Crippen LogP contribution is 2.40. The van der Waals surface area contributed by atoms with Crippen molar-refractivity contribution in [2.24, 2.45) is 0 Å². The third-order valence-corrected chi connectivity index (χ3v) is 2.96. The van der Waals surface area contributed by atoms with Crippen LogP contribution in [-0.4, -0.2) is 0 Å². The molecule has 0 aliphatic rings. The van der Waals surface area contributed by atoms with Gasteiger partial charge in [0, 0.05) is 20.2 Å². The first kappa shape index (κ1) is 4.07. The molecule has 0 aliphatic carbocycles. The summed E-state index contributed by atoms with van der Waals surface area (Å²) in [6.07, 6.45) is 0. The molecule has 4 rings (SSSR count). The molecule has 0 aliphatic heterocycles. The Kier molecular flexibility index (Phi) is 0.474. The van der Waals surface area contributed by atoms with Crippen molar-refractivity contribution in [3.05, 3.63) is 24.3 Å². The Balaban J connectivity index is 2.92. The van der Waals surface area contributed by atoms with Gasteiger partial charge in [-0.05, 0) is 12.1 Å². The topological polar surface area (TPSA) is 0 Å². The summed E-state index contributed by atoms with van der Waals surface area (Å²) in [6.45, 7) is 0. The quantitative estimate of drug-likeness (QED) is 0.441. The highest BCUT2D eigenvalue weighted by Gasteiger charge is 2.09. The van der Waals surface area contributed by atoms with Crippen molar-refractivity contribution in [1.82, 2.24) is 0 Å². The minimum atomic E-state index is 1.45. The van der Waals surface area contributed by atoms with Crippen LogP contribution in [0.15, 0.2) is 24.3 Å². The third kappa shape index (κ3) is 0.304. The van der Waals surface area contributed by atoms with Crippen molar-refractivity contribution in [3.63, 3.8) is 0 Å². The number of hydrogen-bond acceptors (Lipinski definition) is 1. The van der Waals surface area contributed by atoms with Crippen molar-refractivity contribution < 1.29 is 0 Å². The van der Waals surface area contributed by atoms with E-state index in [2.05, 4.69) is 24.3 Å². The van der Waals surface area contributed by atoms with Crippen molar-refractivity contribution in [3.8, 4) is 0 Å². The average Bonchev–Trinajstić information content (AvgIpc) is 2.30. The summed E-state index contributed by atoms with van der Waals surface area (Å²) in [5.74, 6) is 0. The fourth-order valence-electron chi connectivity index (χ4n) is 1.33. The molecule has 2 heterocycles. The standard InChI is InChI=1S/C8H4S/c1-2-5-6-4-8(5)9-7(6)3-1/h1-4H. The van der Waals surface area contributed by atoms with Gasteiger partial charge < -0.3 is 0 Å². The zero-order valence-electron chi connectivity index (χ0n) is 4.72. The fourth-order valence-corrected chi connectivity index (χ4v) is 2.46. The number of thiophene rings is 2. The first-order chi connectivity index (χ1) is 4.45. The highest BCUT2D eigenvalue weighted by atomic mass is 32.1. The van der Waals surface area contributed by atoms with Gasteiger partial charge in [-0.2, -0.15) is 0 Å². The second kappa shape index (κ2) is 1.05. The van der Waals surface area contributed by atoms with E-state index < -0.39 is 0 Å². The van der Waals surface area contributed by atoms with Crippen LogP contribution >= 0.6 is 11.3 Å². The molecule has 4 bridgehead atoms. The summed E-state index contributed by atoms with van der Waals surface area (Å²) in [4.78, 5) is 0. The van der Waals surface area contributed by atoms with Crippen LogP contribution in [0.3, 0.4) is 0 Å². The van der Waals surface area contributed by atoms with Crippen LogP contribution in [0.2, 0.25) is 0 Å². The molecule has 2 aromatic carbocycles. The van der Waals surface area contributed by atoms with E-state index in [1.165, 1.54) is 20.2 Å². The molecule has 9 heavy (non-hydrogen) atoms. The summed E-state index contributed by atoms with van der Waals surface area (Å²) >= 11 is 1.90. The summed E-state index contributed by atoms with van der Waals surface area (Å²) in [5, 5.41) is 2.94. The van der Waals surface area contributed by atoms with Gasteiger partial charge in [0.2, 0.25) is 0 Å². The average molecular weight is 132 g/mol. The molecular weight excluding hydrogens is 128 g/mol. The van der Waals surface area contributed by atoms with Gasteiger partial charge in [0.1, 0.15) is 0 Å². The SMILES string of the molecule is c1cc2sc3cc2c3c1. The Labute approximate surface area is 56.4 Å². The maximum atomic E-state index is 2.26. The molecular formula is C8H4S. The van der Waals surface area contributed by atoms with Crippen molar-refractivity contribution in [2.45, 2.75) is 0 Å². The number of rotatable bonds is 0. The van der Waals surface area contributed by atoms with E-state index in [4.69, 9.17) is 0 Å². The van der Waals surface area contributed by atoms with Crippen LogP contribution in [0.5, 0.6) is 0 Å². The molecule has 1 heteroatoms. The molecule has 0 amide bonds.